The molecule has 1 aliphatic rings. The molecule has 0 aromatic heterocycles. The summed E-state index contributed by atoms with van der Waals surface area (Å²) in [5.41, 5.74) is -1.39. The predicted octanol–water partition coefficient (Wildman–Crippen LogP) is 2.53. The molecule has 1 amide bonds. The molecule has 0 aliphatic carbocycles. The fourth-order valence-electron chi connectivity index (χ4n) is 3.47. The van der Waals surface area contributed by atoms with E-state index in [0.717, 1.165) is 0 Å². The van der Waals surface area contributed by atoms with Gasteiger partial charge in [-0.15, -0.1) is 0 Å². The molecular formula is C21H30N2O8. The van der Waals surface area contributed by atoms with Crippen LogP contribution in [-0.4, -0.2) is 63.1 Å². The van der Waals surface area contributed by atoms with Crippen LogP contribution in [0.1, 0.15) is 47.1 Å². The zero-order valence-corrected chi connectivity index (χ0v) is 18.7. The monoisotopic (exact) mass is 438 g/mol. The Morgan fingerprint density at radius 1 is 1.39 bits per heavy atom. The quantitative estimate of drug-likeness (QED) is 0.310. The van der Waals surface area contributed by atoms with Crippen LogP contribution in [0.5, 0.6) is 5.75 Å². The Kier molecular flexibility index (Phi) is 7.28. The second kappa shape index (κ2) is 9.19. The van der Waals surface area contributed by atoms with Crippen LogP contribution in [0.3, 0.4) is 0 Å². The molecule has 1 aromatic carbocycles. The second-order valence-corrected chi connectivity index (χ2v) is 8.96. The summed E-state index contributed by atoms with van der Waals surface area (Å²) in [7, 11) is 0. The zero-order chi connectivity index (χ0) is 23.6. The molecule has 0 unspecified atom stereocenters. The molecule has 3 atom stereocenters. The van der Waals surface area contributed by atoms with E-state index in [0.29, 0.717) is 5.56 Å². The highest BCUT2D eigenvalue weighted by Gasteiger charge is 2.52. The van der Waals surface area contributed by atoms with E-state index in [9.17, 15) is 24.8 Å². The summed E-state index contributed by atoms with van der Waals surface area (Å²) >= 11 is 0. The first-order valence-corrected chi connectivity index (χ1v) is 9.96. The molecule has 10 nitrogen and oxygen atoms in total. The molecule has 1 aromatic rings. The molecule has 1 N–H and O–H groups in total. The molecule has 31 heavy (non-hydrogen) atoms. The number of carbonyl (C=O) groups excluding carboxylic acids is 2. The number of hydrogen-bond donors (Lipinski definition) is 1. The minimum atomic E-state index is -1.53. The van der Waals surface area contributed by atoms with Gasteiger partial charge in [-0.1, -0.05) is 12.1 Å². The van der Waals surface area contributed by atoms with E-state index in [1.54, 1.807) is 52.8 Å². The van der Waals surface area contributed by atoms with Crippen LogP contribution in [0, 0.1) is 10.1 Å². The lowest BCUT2D eigenvalue weighted by Crippen LogP contribution is -2.57. The number of aliphatic hydroxyl groups is 1. The van der Waals surface area contributed by atoms with Gasteiger partial charge < -0.3 is 19.3 Å². The Balaban J connectivity index is 2.27. The molecule has 1 aliphatic heterocycles. The van der Waals surface area contributed by atoms with Crippen molar-refractivity contribution in [3.63, 3.8) is 0 Å². The van der Waals surface area contributed by atoms with Crippen LogP contribution in [0.4, 0.5) is 4.79 Å². The Labute approximate surface area is 181 Å². The Bertz CT molecular complexity index is 833. The lowest BCUT2D eigenvalue weighted by molar-refractivity contribution is -0.535. The van der Waals surface area contributed by atoms with Crippen LogP contribution in [0.2, 0.25) is 0 Å². The number of nitro groups is 1. The molecular weight excluding hydrogens is 408 g/mol. The summed E-state index contributed by atoms with van der Waals surface area (Å²) in [6.07, 6.45) is -2.39. The summed E-state index contributed by atoms with van der Waals surface area (Å²) in [6, 6.07) is 3.89. The first-order valence-electron chi connectivity index (χ1n) is 9.96. The lowest BCUT2D eigenvalue weighted by Gasteiger charge is -2.36. The standard InChI is InChI=1S/C21H30N2O8/c1-13(24)30-15-9-7-8-14(10-15)11-16(23(27)28)18(25)17-12-29-21(5,6)22(17)19(26)31-20(2,3)4/h7-10,16-18,25H,11-12H2,1-6H3/t16-,17-,18+/m1/s1. The van der Waals surface area contributed by atoms with Crippen molar-refractivity contribution >= 4 is 12.1 Å². The van der Waals surface area contributed by atoms with Gasteiger partial charge in [0, 0.05) is 18.3 Å². The van der Waals surface area contributed by atoms with Crippen molar-refractivity contribution in [3.8, 4) is 5.75 Å². The molecule has 1 fully saturated rings. The minimum absolute atomic E-state index is 0.0781. The Morgan fingerprint density at radius 2 is 2.03 bits per heavy atom. The number of hydrogen-bond acceptors (Lipinski definition) is 8. The van der Waals surface area contributed by atoms with Gasteiger partial charge >= 0.3 is 12.1 Å². The van der Waals surface area contributed by atoms with Crippen LogP contribution in [0.15, 0.2) is 24.3 Å². The molecule has 2 rings (SSSR count). The third kappa shape index (κ3) is 6.38. The van der Waals surface area contributed by atoms with Crippen molar-refractivity contribution < 1.29 is 33.8 Å². The molecule has 10 heteroatoms. The fourth-order valence-corrected chi connectivity index (χ4v) is 3.47. The van der Waals surface area contributed by atoms with E-state index in [1.165, 1.54) is 17.9 Å². The van der Waals surface area contributed by atoms with Crippen molar-refractivity contribution in [2.45, 2.75) is 77.5 Å². The SMILES string of the molecule is CC(=O)Oc1cccc(C[C@H]([C@H](O)[C@H]2COC(C)(C)N2C(=O)OC(C)(C)C)[N+](=O)[O-])c1. The van der Waals surface area contributed by atoms with E-state index < -0.39 is 46.5 Å². The Morgan fingerprint density at radius 3 is 2.58 bits per heavy atom. The number of ether oxygens (including phenoxy) is 3. The zero-order valence-electron chi connectivity index (χ0n) is 18.7. The third-order valence-electron chi connectivity index (χ3n) is 4.77. The Hall–Kier alpha value is -2.72. The van der Waals surface area contributed by atoms with Crippen LogP contribution < -0.4 is 4.74 Å². The predicted molar refractivity (Wildman–Crippen MR) is 110 cm³/mol. The number of aliphatic hydroxyl groups excluding tert-OH is 1. The molecule has 0 spiro atoms. The van der Waals surface area contributed by atoms with E-state index in [1.807, 2.05) is 0 Å². The summed E-state index contributed by atoms with van der Waals surface area (Å²) in [4.78, 5) is 36.4. The van der Waals surface area contributed by atoms with E-state index in [4.69, 9.17) is 14.2 Å². The summed E-state index contributed by atoms with van der Waals surface area (Å²) in [6.45, 7) is 9.55. The van der Waals surface area contributed by atoms with Gasteiger partial charge in [-0.3, -0.25) is 19.8 Å². The highest BCUT2D eigenvalue weighted by Crippen LogP contribution is 2.32. The maximum Gasteiger partial charge on any atom is 0.412 e. The largest absolute Gasteiger partial charge is 0.444 e. The summed E-state index contributed by atoms with van der Waals surface area (Å²) in [5.74, 6) is -0.261. The van der Waals surface area contributed by atoms with Crippen molar-refractivity contribution in [2.75, 3.05) is 6.61 Å². The normalized spacial score (nSPS) is 20.1. The number of nitrogens with zero attached hydrogens (tertiary/aromatic N) is 2. The summed E-state index contributed by atoms with van der Waals surface area (Å²) in [5, 5.41) is 22.8. The molecule has 0 radical (unpaired) electrons. The van der Waals surface area contributed by atoms with Gasteiger partial charge in [0.25, 0.3) is 0 Å². The highest BCUT2D eigenvalue weighted by molar-refractivity contribution is 5.70. The second-order valence-electron chi connectivity index (χ2n) is 8.96. The maximum absolute atomic E-state index is 12.8. The maximum atomic E-state index is 12.8. The summed E-state index contributed by atoms with van der Waals surface area (Å²) < 4.78 is 16.1. The average molecular weight is 438 g/mol. The van der Waals surface area contributed by atoms with Crippen LogP contribution in [0.25, 0.3) is 0 Å². The van der Waals surface area contributed by atoms with Crippen molar-refractivity contribution in [1.82, 2.24) is 4.90 Å². The van der Waals surface area contributed by atoms with Gasteiger partial charge in [0.2, 0.25) is 6.04 Å². The molecule has 172 valence electrons. The van der Waals surface area contributed by atoms with Gasteiger partial charge in [0.1, 0.15) is 23.2 Å². The third-order valence-corrected chi connectivity index (χ3v) is 4.77. The van der Waals surface area contributed by atoms with E-state index in [-0.39, 0.29) is 18.8 Å². The average Bonchev–Trinajstić information content (AvgIpc) is 2.92. The minimum Gasteiger partial charge on any atom is -0.444 e. The van der Waals surface area contributed by atoms with Crippen molar-refractivity contribution in [2.24, 2.45) is 0 Å². The molecule has 0 bridgehead atoms. The highest BCUT2D eigenvalue weighted by atomic mass is 16.6. The van der Waals surface area contributed by atoms with Crippen LogP contribution in [-0.2, 0) is 20.7 Å². The smallest absolute Gasteiger partial charge is 0.412 e. The van der Waals surface area contributed by atoms with Gasteiger partial charge in [-0.2, -0.15) is 0 Å². The van der Waals surface area contributed by atoms with Crippen molar-refractivity contribution in [3.05, 3.63) is 39.9 Å². The number of esters is 1. The van der Waals surface area contributed by atoms with Gasteiger partial charge in [0.15, 0.2) is 0 Å². The van der Waals surface area contributed by atoms with E-state index in [2.05, 4.69) is 0 Å². The first-order chi connectivity index (χ1) is 14.2. The lowest BCUT2D eigenvalue weighted by atomic mass is 9.96. The fraction of sp³-hybridized carbons (Fsp3) is 0.619. The van der Waals surface area contributed by atoms with E-state index >= 15 is 0 Å². The van der Waals surface area contributed by atoms with Crippen LogP contribution >= 0.6 is 0 Å². The topological polar surface area (TPSA) is 128 Å². The number of benzene rings is 1. The number of amides is 1. The molecule has 1 heterocycles. The number of rotatable bonds is 6. The first kappa shape index (κ1) is 24.5. The number of carbonyl (C=O) groups is 2. The molecule has 1 saturated heterocycles. The van der Waals surface area contributed by atoms with Crippen molar-refractivity contribution in [1.29, 1.82) is 0 Å². The molecule has 0 saturated carbocycles. The van der Waals surface area contributed by atoms with Gasteiger partial charge in [-0.05, 0) is 52.3 Å². The van der Waals surface area contributed by atoms with Gasteiger partial charge in [-0.25, -0.2) is 4.79 Å². The van der Waals surface area contributed by atoms with Gasteiger partial charge in [0.05, 0.1) is 12.6 Å².